The van der Waals surface area contributed by atoms with E-state index in [2.05, 4.69) is 16.7 Å². The van der Waals surface area contributed by atoms with Gasteiger partial charge in [-0.3, -0.25) is 9.97 Å². The van der Waals surface area contributed by atoms with Crippen molar-refractivity contribution in [2.45, 2.75) is 45.3 Å². The number of rotatable bonds is 6. The van der Waals surface area contributed by atoms with Crippen LogP contribution in [0.15, 0.2) is 54.5 Å². The van der Waals surface area contributed by atoms with Crippen molar-refractivity contribution in [3.63, 3.8) is 0 Å². The second-order valence-electron chi connectivity index (χ2n) is 10.7. The molecule has 0 bridgehead atoms. The van der Waals surface area contributed by atoms with Crippen molar-refractivity contribution in [2.24, 2.45) is 17.5 Å². The van der Waals surface area contributed by atoms with E-state index in [0.717, 1.165) is 51.6 Å². The molecule has 3 aromatic heterocycles. The van der Waals surface area contributed by atoms with Gasteiger partial charge < -0.3 is 25.2 Å². The molecule has 0 spiro atoms. The minimum Gasteiger partial charge on any atom is -0.401 e. The number of halogens is 1. The zero-order valence-corrected chi connectivity index (χ0v) is 23.0. The highest BCUT2D eigenvalue weighted by Gasteiger charge is 2.32. The molecule has 8 nitrogen and oxygen atoms in total. The van der Waals surface area contributed by atoms with Crippen LogP contribution >= 0.6 is 11.6 Å². The van der Waals surface area contributed by atoms with Crippen LogP contribution < -0.4 is 11.6 Å². The molecule has 0 radical (unpaired) electrons. The summed E-state index contributed by atoms with van der Waals surface area (Å²) in [6.07, 6.45) is 5.34. The van der Waals surface area contributed by atoms with E-state index in [0.29, 0.717) is 29.6 Å². The van der Waals surface area contributed by atoms with Crippen LogP contribution in [-0.4, -0.2) is 44.9 Å². The smallest absolute Gasteiger partial charge is 0.0960 e. The fraction of sp³-hybridized carbons (Fsp3) is 0.379. The Bertz CT molecular complexity index is 1510. The summed E-state index contributed by atoms with van der Waals surface area (Å²) in [6.45, 7) is 6.80. The molecule has 0 amide bonds. The highest BCUT2D eigenvalue weighted by Crippen LogP contribution is 2.41. The van der Waals surface area contributed by atoms with Gasteiger partial charge >= 0.3 is 0 Å². The Morgan fingerprint density at radius 2 is 1.89 bits per heavy atom. The molecule has 1 fully saturated rings. The van der Waals surface area contributed by atoms with Gasteiger partial charge in [0.2, 0.25) is 0 Å². The number of aliphatic hydroxyl groups is 1. The number of hydrogen-bond donors (Lipinski definition) is 3. The van der Waals surface area contributed by atoms with Crippen LogP contribution in [0.5, 0.6) is 0 Å². The zero-order valence-electron chi connectivity index (χ0n) is 22.3. The first-order valence-electron chi connectivity index (χ1n) is 12.9. The summed E-state index contributed by atoms with van der Waals surface area (Å²) in [5.41, 5.74) is 11.8. The van der Waals surface area contributed by atoms with Crippen molar-refractivity contribution in [2.75, 3.05) is 20.3 Å². The van der Waals surface area contributed by atoms with Gasteiger partial charge in [-0.15, -0.1) is 0 Å². The quantitative estimate of drug-likeness (QED) is 0.237. The van der Waals surface area contributed by atoms with E-state index in [-0.39, 0.29) is 12.0 Å². The Labute approximate surface area is 227 Å². The first kappa shape index (κ1) is 26.4. The largest absolute Gasteiger partial charge is 0.401 e. The lowest BCUT2D eigenvalue weighted by Crippen LogP contribution is -2.28. The molecular weight excluding hydrogens is 500 g/mol. The highest BCUT2D eigenvalue weighted by molar-refractivity contribution is 6.30. The van der Waals surface area contributed by atoms with Crippen LogP contribution in [0.2, 0.25) is 5.02 Å². The van der Waals surface area contributed by atoms with E-state index in [9.17, 15) is 5.11 Å². The van der Waals surface area contributed by atoms with Gasteiger partial charge in [-0.2, -0.15) is 0 Å². The average molecular weight is 535 g/mol. The van der Waals surface area contributed by atoms with Gasteiger partial charge in [0.05, 0.1) is 39.6 Å². The summed E-state index contributed by atoms with van der Waals surface area (Å²) in [6, 6.07) is 11.8. The standard InChI is InChI=1S/C29H35ClN6O2/c1-17(31)27(35(4)32)19-13-25-26(34-16-19)22-6-5-20(29(2,3)37)14-24(22)36(25)28(18-8-11-38-12-9-18)23-15-21(30)7-10-33-23/h5-7,10,13-16,18,28,37H,8-9,11-12,31-32H2,1-4H3/b27-17-. The normalized spacial score (nSPS) is 16.6. The van der Waals surface area contributed by atoms with E-state index >= 15 is 0 Å². The molecule has 1 atom stereocenters. The van der Waals surface area contributed by atoms with Gasteiger partial charge in [0.25, 0.3) is 0 Å². The van der Waals surface area contributed by atoms with Gasteiger partial charge in [-0.05, 0) is 69.4 Å². The number of ether oxygens (including phenoxy) is 1. The predicted octanol–water partition coefficient (Wildman–Crippen LogP) is 4.93. The molecule has 1 aliphatic heterocycles. The molecule has 1 aliphatic rings. The maximum absolute atomic E-state index is 10.9. The van der Waals surface area contributed by atoms with Gasteiger partial charge in [-0.25, -0.2) is 5.84 Å². The molecule has 1 saturated heterocycles. The first-order chi connectivity index (χ1) is 18.1. The lowest BCUT2D eigenvalue weighted by molar-refractivity contribution is 0.0547. The van der Waals surface area contributed by atoms with E-state index in [1.165, 1.54) is 5.01 Å². The topological polar surface area (TPSA) is 115 Å². The Morgan fingerprint density at radius 3 is 2.53 bits per heavy atom. The summed E-state index contributed by atoms with van der Waals surface area (Å²) in [5.74, 6) is 6.43. The third-order valence-electron chi connectivity index (χ3n) is 7.38. The summed E-state index contributed by atoms with van der Waals surface area (Å²) >= 11 is 6.49. The molecule has 1 unspecified atom stereocenters. The van der Waals surface area contributed by atoms with Gasteiger partial charge in [0.1, 0.15) is 0 Å². The van der Waals surface area contributed by atoms with Crippen LogP contribution in [-0.2, 0) is 10.3 Å². The maximum atomic E-state index is 10.9. The number of hydrazine groups is 1. The minimum atomic E-state index is -1.01. The number of fused-ring (bicyclic) bond motifs is 3. The Hall–Kier alpha value is -3.17. The number of pyridine rings is 2. The monoisotopic (exact) mass is 534 g/mol. The van der Waals surface area contributed by atoms with Gasteiger partial charge in [0.15, 0.2) is 0 Å². The molecule has 0 aliphatic carbocycles. The van der Waals surface area contributed by atoms with Crippen molar-refractivity contribution >= 4 is 39.2 Å². The number of nitrogens with two attached hydrogens (primary N) is 2. The molecule has 38 heavy (non-hydrogen) atoms. The third-order valence-corrected chi connectivity index (χ3v) is 7.62. The predicted molar refractivity (Wildman–Crippen MR) is 152 cm³/mol. The van der Waals surface area contributed by atoms with Crippen molar-refractivity contribution < 1.29 is 9.84 Å². The molecule has 0 saturated carbocycles. The lowest BCUT2D eigenvalue weighted by Gasteiger charge is -2.32. The van der Waals surface area contributed by atoms with Gasteiger partial charge in [0, 0.05) is 54.3 Å². The molecule has 5 rings (SSSR count). The molecular formula is C29H35ClN6O2. The fourth-order valence-corrected chi connectivity index (χ4v) is 5.79. The Kier molecular flexibility index (Phi) is 7.09. The molecule has 4 heterocycles. The van der Waals surface area contributed by atoms with E-state index < -0.39 is 5.60 Å². The molecule has 1 aromatic carbocycles. The van der Waals surface area contributed by atoms with Gasteiger partial charge in [-0.1, -0.05) is 23.7 Å². The Morgan fingerprint density at radius 1 is 1.16 bits per heavy atom. The number of hydrogen-bond acceptors (Lipinski definition) is 7. The Balaban J connectivity index is 1.88. The number of allylic oxidation sites excluding steroid dienone is 1. The lowest BCUT2D eigenvalue weighted by atomic mass is 9.88. The zero-order chi connectivity index (χ0) is 27.2. The van der Waals surface area contributed by atoms with Crippen molar-refractivity contribution in [1.82, 2.24) is 19.5 Å². The van der Waals surface area contributed by atoms with E-state index in [4.69, 9.17) is 37.9 Å². The second kappa shape index (κ2) is 10.2. The minimum absolute atomic E-state index is 0.131. The van der Waals surface area contributed by atoms with Crippen LogP contribution in [0.25, 0.3) is 27.6 Å². The maximum Gasteiger partial charge on any atom is 0.0960 e. The first-order valence-corrected chi connectivity index (χ1v) is 13.2. The third kappa shape index (κ3) is 4.85. The van der Waals surface area contributed by atoms with Crippen LogP contribution in [0, 0.1) is 5.92 Å². The van der Waals surface area contributed by atoms with Crippen molar-refractivity contribution in [3.8, 4) is 0 Å². The van der Waals surface area contributed by atoms with Crippen molar-refractivity contribution in [1.29, 1.82) is 0 Å². The summed E-state index contributed by atoms with van der Waals surface area (Å²) in [5, 5.41) is 14.0. The second-order valence-corrected chi connectivity index (χ2v) is 11.1. The van der Waals surface area contributed by atoms with Crippen molar-refractivity contribution in [3.05, 3.63) is 76.3 Å². The van der Waals surface area contributed by atoms with Crippen LogP contribution in [0.3, 0.4) is 0 Å². The number of aromatic nitrogens is 3. The van der Waals surface area contributed by atoms with E-state index in [1.807, 2.05) is 31.3 Å². The van der Waals surface area contributed by atoms with E-state index in [1.54, 1.807) is 33.2 Å². The number of benzene rings is 1. The number of nitrogens with zero attached hydrogens (tertiary/aromatic N) is 4. The van der Waals surface area contributed by atoms with Crippen LogP contribution in [0.4, 0.5) is 0 Å². The summed E-state index contributed by atoms with van der Waals surface area (Å²) in [7, 11) is 1.77. The SMILES string of the molecule is C/C(N)=C(\c1cnc2c3ccc(C(C)(C)O)cc3n(C(c3cc(Cl)ccn3)C3CCOCC3)c2c1)N(C)N. The molecule has 5 N–H and O–H groups in total. The molecule has 4 aromatic rings. The average Bonchev–Trinajstić information content (AvgIpc) is 3.17. The summed E-state index contributed by atoms with van der Waals surface area (Å²) < 4.78 is 8.04. The fourth-order valence-electron chi connectivity index (χ4n) is 5.62. The molecule has 200 valence electrons. The highest BCUT2D eigenvalue weighted by atomic mass is 35.5. The molecule has 9 heteroatoms. The van der Waals surface area contributed by atoms with Crippen LogP contribution in [0.1, 0.15) is 56.5 Å². The summed E-state index contributed by atoms with van der Waals surface area (Å²) in [4.78, 5) is 9.72.